The van der Waals surface area contributed by atoms with Gasteiger partial charge in [-0.15, -0.1) is 0 Å². The van der Waals surface area contributed by atoms with Gasteiger partial charge in [0, 0.05) is 12.1 Å². The van der Waals surface area contributed by atoms with Gasteiger partial charge in [-0.25, -0.2) is 14.8 Å². The van der Waals surface area contributed by atoms with Gasteiger partial charge in [-0.3, -0.25) is 0 Å². The van der Waals surface area contributed by atoms with Crippen LogP contribution in [0.5, 0.6) is 0 Å². The summed E-state index contributed by atoms with van der Waals surface area (Å²) in [4.78, 5) is 21.0. The quantitative estimate of drug-likeness (QED) is 0.772. The number of carbonyl (C=O) groups excluding carboxylic acids is 1. The van der Waals surface area contributed by atoms with Crippen molar-refractivity contribution >= 4 is 5.97 Å². The summed E-state index contributed by atoms with van der Waals surface area (Å²) in [5.74, 6) is 1.92. The molecule has 0 unspecified atom stereocenters. The molecule has 4 heteroatoms. The van der Waals surface area contributed by atoms with Crippen molar-refractivity contribution in [3.05, 3.63) is 23.3 Å². The molecule has 0 spiro atoms. The Kier molecular flexibility index (Phi) is 5.71. The molecule has 0 N–H and O–H groups in total. The second-order valence-electron chi connectivity index (χ2n) is 5.79. The lowest BCUT2D eigenvalue weighted by Gasteiger charge is -2.27. The molecular formula is C17H26N2O2. The van der Waals surface area contributed by atoms with E-state index in [1.54, 1.807) is 6.20 Å². The standard InChI is InChI=1S/C17H26N2O2/c1-4-12-7-9-13(10-8-12)16-18-11-14(15(5-2)19-16)17(20)21-6-3/h11-13H,4-10H2,1-3H3. The summed E-state index contributed by atoms with van der Waals surface area (Å²) in [6.45, 7) is 6.48. The first-order chi connectivity index (χ1) is 10.2. The van der Waals surface area contributed by atoms with Gasteiger partial charge in [-0.1, -0.05) is 20.3 Å². The molecule has 0 bridgehead atoms. The van der Waals surface area contributed by atoms with E-state index in [2.05, 4.69) is 16.9 Å². The van der Waals surface area contributed by atoms with Crippen molar-refractivity contribution in [3.8, 4) is 0 Å². The van der Waals surface area contributed by atoms with Crippen molar-refractivity contribution < 1.29 is 9.53 Å². The fourth-order valence-electron chi connectivity index (χ4n) is 3.11. The van der Waals surface area contributed by atoms with Gasteiger partial charge in [0.15, 0.2) is 0 Å². The van der Waals surface area contributed by atoms with Gasteiger partial charge in [-0.05, 0) is 44.9 Å². The van der Waals surface area contributed by atoms with E-state index in [1.165, 1.54) is 32.1 Å². The molecule has 4 nitrogen and oxygen atoms in total. The molecule has 1 aromatic rings. The zero-order valence-electron chi connectivity index (χ0n) is 13.4. The van der Waals surface area contributed by atoms with Gasteiger partial charge in [0.05, 0.1) is 17.9 Å². The first kappa shape index (κ1) is 15.9. The number of hydrogen-bond donors (Lipinski definition) is 0. The summed E-state index contributed by atoms with van der Waals surface area (Å²) in [5.41, 5.74) is 1.33. The average Bonchev–Trinajstić information content (AvgIpc) is 2.54. The summed E-state index contributed by atoms with van der Waals surface area (Å²) >= 11 is 0. The maximum absolute atomic E-state index is 11.9. The van der Waals surface area contributed by atoms with Crippen LogP contribution in [0, 0.1) is 5.92 Å². The predicted molar refractivity (Wildman–Crippen MR) is 82.4 cm³/mol. The average molecular weight is 290 g/mol. The minimum atomic E-state index is -0.310. The first-order valence-corrected chi connectivity index (χ1v) is 8.22. The van der Waals surface area contributed by atoms with Crippen molar-refractivity contribution in [2.24, 2.45) is 5.92 Å². The Balaban J connectivity index is 2.14. The molecule has 1 aromatic heterocycles. The SMILES string of the molecule is CCOC(=O)c1cnc(C2CCC(CC)CC2)nc1CC. The zero-order chi connectivity index (χ0) is 15.2. The molecule has 0 amide bonds. The molecule has 21 heavy (non-hydrogen) atoms. The lowest BCUT2D eigenvalue weighted by Crippen LogP contribution is -2.17. The second kappa shape index (κ2) is 7.53. The van der Waals surface area contributed by atoms with Crippen molar-refractivity contribution in [1.29, 1.82) is 0 Å². The molecule has 1 aliphatic rings. The van der Waals surface area contributed by atoms with E-state index in [9.17, 15) is 4.79 Å². The Bertz CT molecular complexity index is 480. The first-order valence-electron chi connectivity index (χ1n) is 8.22. The van der Waals surface area contributed by atoms with Gasteiger partial charge in [-0.2, -0.15) is 0 Å². The van der Waals surface area contributed by atoms with Crippen LogP contribution in [-0.4, -0.2) is 22.5 Å². The molecule has 1 aliphatic carbocycles. The van der Waals surface area contributed by atoms with Crippen LogP contribution in [0.2, 0.25) is 0 Å². The van der Waals surface area contributed by atoms with Gasteiger partial charge in [0.2, 0.25) is 0 Å². The number of esters is 1. The third kappa shape index (κ3) is 3.80. The normalized spacial score (nSPS) is 22.0. The van der Waals surface area contributed by atoms with E-state index >= 15 is 0 Å². The molecule has 2 rings (SSSR count). The third-order valence-corrected chi connectivity index (χ3v) is 4.51. The molecule has 0 aromatic carbocycles. The van der Waals surface area contributed by atoms with E-state index in [0.717, 1.165) is 23.9 Å². The highest BCUT2D eigenvalue weighted by molar-refractivity contribution is 5.90. The Morgan fingerprint density at radius 2 is 1.95 bits per heavy atom. The van der Waals surface area contributed by atoms with E-state index in [4.69, 9.17) is 4.74 Å². The van der Waals surface area contributed by atoms with Crippen LogP contribution in [0.15, 0.2) is 6.20 Å². The van der Waals surface area contributed by atoms with Crippen LogP contribution in [0.25, 0.3) is 0 Å². The number of rotatable bonds is 5. The summed E-state index contributed by atoms with van der Waals surface area (Å²) in [6.07, 6.45) is 8.53. The Morgan fingerprint density at radius 3 is 2.52 bits per heavy atom. The van der Waals surface area contributed by atoms with E-state index in [-0.39, 0.29) is 5.97 Å². The van der Waals surface area contributed by atoms with Crippen molar-refractivity contribution in [2.45, 2.75) is 65.2 Å². The van der Waals surface area contributed by atoms with Crippen LogP contribution in [0.3, 0.4) is 0 Å². The molecule has 0 saturated heterocycles. The highest BCUT2D eigenvalue weighted by Crippen LogP contribution is 2.35. The van der Waals surface area contributed by atoms with E-state index in [1.807, 2.05) is 13.8 Å². The minimum absolute atomic E-state index is 0.310. The summed E-state index contributed by atoms with van der Waals surface area (Å²) < 4.78 is 5.07. The summed E-state index contributed by atoms with van der Waals surface area (Å²) in [6, 6.07) is 0. The summed E-state index contributed by atoms with van der Waals surface area (Å²) in [7, 11) is 0. The third-order valence-electron chi connectivity index (χ3n) is 4.51. The van der Waals surface area contributed by atoms with Crippen molar-refractivity contribution in [1.82, 2.24) is 9.97 Å². The molecule has 116 valence electrons. The summed E-state index contributed by atoms with van der Waals surface area (Å²) in [5, 5.41) is 0. The Morgan fingerprint density at radius 1 is 1.24 bits per heavy atom. The monoisotopic (exact) mass is 290 g/mol. The second-order valence-corrected chi connectivity index (χ2v) is 5.79. The van der Waals surface area contributed by atoms with Gasteiger partial charge in [0.1, 0.15) is 5.82 Å². The molecule has 1 heterocycles. The maximum atomic E-state index is 11.9. The number of hydrogen-bond acceptors (Lipinski definition) is 4. The molecule has 1 fully saturated rings. The maximum Gasteiger partial charge on any atom is 0.341 e. The van der Waals surface area contributed by atoms with Crippen molar-refractivity contribution in [2.75, 3.05) is 6.61 Å². The predicted octanol–water partition coefficient (Wildman–Crippen LogP) is 3.90. The lowest BCUT2D eigenvalue weighted by molar-refractivity contribution is 0.0524. The topological polar surface area (TPSA) is 52.1 Å². The van der Waals surface area contributed by atoms with Crippen LogP contribution in [-0.2, 0) is 11.2 Å². The number of nitrogens with zero attached hydrogens (tertiary/aromatic N) is 2. The van der Waals surface area contributed by atoms with E-state index in [0.29, 0.717) is 18.1 Å². The molecule has 0 radical (unpaired) electrons. The zero-order valence-corrected chi connectivity index (χ0v) is 13.4. The van der Waals surface area contributed by atoms with Crippen LogP contribution >= 0.6 is 0 Å². The highest BCUT2D eigenvalue weighted by Gasteiger charge is 2.24. The van der Waals surface area contributed by atoms with E-state index < -0.39 is 0 Å². The minimum Gasteiger partial charge on any atom is -0.462 e. The Labute approximate surface area is 127 Å². The van der Waals surface area contributed by atoms with Crippen molar-refractivity contribution in [3.63, 3.8) is 0 Å². The Hall–Kier alpha value is -1.45. The number of carbonyl (C=O) groups is 1. The molecular weight excluding hydrogens is 264 g/mol. The fourth-order valence-corrected chi connectivity index (χ4v) is 3.11. The van der Waals surface area contributed by atoms with Gasteiger partial charge in [0.25, 0.3) is 0 Å². The number of aromatic nitrogens is 2. The number of aryl methyl sites for hydroxylation is 1. The largest absolute Gasteiger partial charge is 0.462 e. The van der Waals surface area contributed by atoms with Gasteiger partial charge < -0.3 is 4.74 Å². The fraction of sp³-hybridized carbons (Fsp3) is 0.706. The van der Waals surface area contributed by atoms with Gasteiger partial charge >= 0.3 is 5.97 Å². The molecule has 1 saturated carbocycles. The van der Waals surface area contributed by atoms with Crippen LogP contribution < -0.4 is 0 Å². The number of ether oxygens (including phenoxy) is 1. The highest BCUT2D eigenvalue weighted by atomic mass is 16.5. The lowest BCUT2D eigenvalue weighted by atomic mass is 9.80. The molecule has 0 aliphatic heterocycles. The van der Waals surface area contributed by atoms with Crippen LogP contribution in [0.1, 0.15) is 80.7 Å². The smallest absolute Gasteiger partial charge is 0.341 e. The van der Waals surface area contributed by atoms with Crippen LogP contribution in [0.4, 0.5) is 0 Å². The molecule has 0 atom stereocenters.